The van der Waals surface area contributed by atoms with Crippen molar-refractivity contribution in [3.63, 3.8) is 0 Å². The zero-order valence-corrected chi connectivity index (χ0v) is 7.51. The minimum Gasteiger partial charge on any atom is -0.290 e. The summed E-state index contributed by atoms with van der Waals surface area (Å²) in [4.78, 5) is 4.24. The number of nitrogens with zero attached hydrogens (tertiary/aromatic N) is 2. The van der Waals surface area contributed by atoms with Crippen LogP contribution in [0.4, 0.5) is 0 Å². The standard InChI is InChI=1S/C8H9N3S/c1-6-10-11-8(12-6)7-4-2-3-5-9-7/h2-5,8,11H,1H3. The van der Waals surface area contributed by atoms with Crippen LogP contribution >= 0.6 is 11.8 Å². The summed E-state index contributed by atoms with van der Waals surface area (Å²) >= 11 is 1.69. The van der Waals surface area contributed by atoms with Gasteiger partial charge in [0.05, 0.1) is 10.7 Å². The molecular weight excluding hydrogens is 170 g/mol. The number of hydrogen-bond donors (Lipinski definition) is 1. The van der Waals surface area contributed by atoms with E-state index in [-0.39, 0.29) is 5.37 Å². The Morgan fingerprint density at radius 3 is 3.00 bits per heavy atom. The van der Waals surface area contributed by atoms with Gasteiger partial charge in [0.1, 0.15) is 5.37 Å². The first-order valence-electron chi connectivity index (χ1n) is 3.73. The van der Waals surface area contributed by atoms with E-state index < -0.39 is 0 Å². The first-order chi connectivity index (χ1) is 5.86. The van der Waals surface area contributed by atoms with E-state index in [1.54, 1.807) is 18.0 Å². The molecule has 0 spiro atoms. The summed E-state index contributed by atoms with van der Waals surface area (Å²) in [5, 5.41) is 5.34. The average molecular weight is 179 g/mol. The summed E-state index contributed by atoms with van der Waals surface area (Å²) in [5.41, 5.74) is 4.04. The number of hydrazone groups is 1. The third-order valence-electron chi connectivity index (χ3n) is 1.58. The van der Waals surface area contributed by atoms with E-state index in [1.165, 1.54) is 0 Å². The SMILES string of the molecule is CC1=NNC(c2ccccn2)S1. The van der Waals surface area contributed by atoms with Gasteiger partial charge >= 0.3 is 0 Å². The fourth-order valence-corrected chi connectivity index (χ4v) is 1.84. The van der Waals surface area contributed by atoms with E-state index >= 15 is 0 Å². The summed E-state index contributed by atoms with van der Waals surface area (Å²) < 4.78 is 0. The summed E-state index contributed by atoms with van der Waals surface area (Å²) in [6.45, 7) is 1.99. The Labute approximate surface area is 75.3 Å². The summed E-state index contributed by atoms with van der Waals surface area (Å²) in [6, 6.07) is 5.90. The lowest BCUT2D eigenvalue weighted by Crippen LogP contribution is -2.07. The van der Waals surface area contributed by atoms with Crippen molar-refractivity contribution in [3.8, 4) is 0 Å². The van der Waals surface area contributed by atoms with Crippen LogP contribution in [0.1, 0.15) is 18.0 Å². The molecule has 0 amide bonds. The molecule has 2 rings (SSSR count). The third-order valence-corrected chi connectivity index (χ3v) is 2.60. The molecule has 1 aromatic rings. The van der Waals surface area contributed by atoms with Crippen LogP contribution < -0.4 is 5.43 Å². The number of rotatable bonds is 1. The molecule has 1 atom stereocenters. The first-order valence-corrected chi connectivity index (χ1v) is 4.61. The highest BCUT2D eigenvalue weighted by atomic mass is 32.2. The Bertz CT molecular complexity index is 296. The second-order valence-electron chi connectivity index (χ2n) is 2.51. The van der Waals surface area contributed by atoms with Gasteiger partial charge in [-0.2, -0.15) is 5.10 Å². The van der Waals surface area contributed by atoms with Crippen LogP contribution in [0.5, 0.6) is 0 Å². The molecule has 3 nitrogen and oxygen atoms in total. The van der Waals surface area contributed by atoms with Gasteiger partial charge in [0, 0.05) is 6.20 Å². The van der Waals surface area contributed by atoms with Crippen molar-refractivity contribution in [3.05, 3.63) is 30.1 Å². The molecule has 1 aliphatic heterocycles. The van der Waals surface area contributed by atoms with Gasteiger partial charge in [-0.05, 0) is 19.1 Å². The Morgan fingerprint density at radius 1 is 1.50 bits per heavy atom. The number of aromatic nitrogens is 1. The molecule has 1 aromatic heterocycles. The molecule has 0 aliphatic carbocycles. The number of hydrogen-bond acceptors (Lipinski definition) is 4. The van der Waals surface area contributed by atoms with E-state index in [0.29, 0.717) is 0 Å². The van der Waals surface area contributed by atoms with Gasteiger partial charge in [0.15, 0.2) is 0 Å². The molecule has 1 aliphatic rings. The van der Waals surface area contributed by atoms with Crippen molar-refractivity contribution in [2.24, 2.45) is 5.10 Å². The van der Waals surface area contributed by atoms with Gasteiger partial charge in [-0.25, -0.2) is 0 Å². The monoisotopic (exact) mass is 179 g/mol. The predicted molar refractivity (Wildman–Crippen MR) is 50.8 cm³/mol. The van der Waals surface area contributed by atoms with Crippen LogP contribution in [0.2, 0.25) is 0 Å². The van der Waals surface area contributed by atoms with Gasteiger partial charge in [-0.15, -0.1) is 0 Å². The van der Waals surface area contributed by atoms with Crippen molar-refractivity contribution >= 4 is 16.8 Å². The van der Waals surface area contributed by atoms with Crippen LogP contribution in [0, 0.1) is 0 Å². The van der Waals surface area contributed by atoms with Crippen LogP contribution in [0.25, 0.3) is 0 Å². The van der Waals surface area contributed by atoms with Gasteiger partial charge in [0.2, 0.25) is 0 Å². The fraction of sp³-hybridized carbons (Fsp3) is 0.250. The molecule has 0 saturated heterocycles. The quantitative estimate of drug-likeness (QED) is 0.713. The van der Waals surface area contributed by atoms with E-state index in [4.69, 9.17) is 0 Å². The zero-order chi connectivity index (χ0) is 8.39. The second kappa shape index (κ2) is 3.15. The lowest BCUT2D eigenvalue weighted by atomic mass is 10.3. The van der Waals surface area contributed by atoms with Crippen molar-refractivity contribution in [2.45, 2.75) is 12.3 Å². The Kier molecular flexibility index (Phi) is 1.99. The highest BCUT2D eigenvalue weighted by Crippen LogP contribution is 2.29. The largest absolute Gasteiger partial charge is 0.290 e. The summed E-state index contributed by atoms with van der Waals surface area (Å²) in [6.07, 6.45) is 1.80. The zero-order valence-electron chi connectivity index (χ0n) is 6.69. The molecule has 12 heavy (non-hydrogen) atoms. The average Bonchev–Trinajstić information content (AvgIpc) is 2.54. The molecule has 0 aromatic carbocycles. The Hall–Kier alpha value is -1.03. The van der Waals surface area contributed by atoms with Crippen molar-refractivity contribution in [1.82, 2.24) is 10.4 Å². The Balaban J connectivity index is 2.14. The summed E-state index contributed by atoms with van der Waals surface area (Å²) in [7, 11) is 0. The minimum atomic E-state index is 0.200. The smallest absolute Gasteiger partial charge is 0.137 e. The number of nitrogens with one attached hydrogen (secondary N) is 1. The van der Waals surface area contributed by atoms with Crippen molar-refractivity contribution in [1.29, 1.82) is 0 Å². The summed E-state index contributed by atoms with van der Waals surface area (Å²) in [5.74, 6) is 0. The van der Waals surface area contributed by atoms with E-state index in [1.807, 2.05) is 25.1 Å². The second-order valence-corrected chi connectivity index (χ2v) is 3.81. The fourth-order valence-electron chi connectivity index (χ4n) is 1.03. The molecule has 4 heteroatoms. The lowest BCUT2D eigenvalue weighted by molar-refractivity contribution is 0.724. The maximum absolute atomic E-state index is 4.24. The molecular formula is C8H9N3S. The van der Waals surface area contributed by atoms with Crippen LogP contribution in [0.3, 0.4) is 0 Å². The van der Waals surface area contributed by atoms with Crippen LogP contribution in [0.15, 0.2) is 29.5 Å². The third kappa shape index (κ3) is 1.43. The molecule has 0 fully saturated rings. The van der Waals surface area contributed by atoms with E-state index in [2.05, 4.69) is 15.5 Å². The first kappa shape index (κ1) is 7.61. The van der Waals surface area contributed by atoms with Gasteiger partial charge in [-0.3, -0.25) is 10.4 Å². The highest BCUT2D eigenvalue weighted by Gasteiger charge is 2.18. The van der Waals surface area contributed by atoms with Crippen molar-refractivity contribution < 1.29 is 0 Å². The molecule has 1 unspecified atom stereocenters. The minimum absolute atomic E-state index is 0.200. The molecule has 0 radical (unpaired) electrons. The molecule has 0 saturated carbocycles. The van der Waals surface area contributed by atoms with E-state index in [9.17, 15) is 0 Å². The van der Waals surface area contributed by atoms with Crippen molar-refractivity contribution in [2.75, 3.05) is 0 Å². The lowest BCUT2D eigenvalue weighted by Gasteiger charge is -2.06. The van der Waals surface area contributed by atoms with E-state index in [0.717, 1.165) is 10.7 Å². The van der Waals surface area contributed by atoms with Gasteiger partial charge in [-0.1, -0.05) is 17.8 Å². The molecule has 0 bridgehead atoms. The number of thioether (sulfide) groups is 1. The van der Waals surface area contributed by atoms with Gasteiger partial charge in [0.25, 0.3) is 0 Å². The highest BCUT2D eigenvalue weighted by molar-refractivity contribution is 8.14. The van der Waals surface area contributed by atoms with Crippen LogP contribution in [-0.2, 0) is 0 Å². The predicted octanol–water partition coefficient (Wildman–Crippen LogP) is 1.75. The molecule has 2 heterocycles. The van der Waals surface area contributed by atoms with Crippen LogP contribution in [-0.4, -0.2) is 10.0 Å². The maximum atomic E-state index is 4.24. The normalized spacial score (nSPS) is 21.8. The Morgan fingerprint density at radius 2 is 2.42 bits per heavy atom. The number of pyridine rings is 1. The topological polar surface area (TPSA) is 37.3 Å². The maximum Gasteiger partial charge on any atom is 0.137 e. The van der Waals surface area contributed by atoms with Gasteiger partial charge < -0.3 is 0 Å². The molecule has 1 N–H and O–H groups in total. The molecule has 62 valence electrons.